The van der Waals surface area contributed by atoms with Gasteiger partial charge in [0.15, 0.2) is 0 Å². The summed E-state index contributed by atoms with van der Waals surface area (Å²) < 4.78 is 5.32. The Bertz CT molecular complexity index is 709. The number of hydrogen-bond acceptors (Lipinski definition) is 5. The molecule has 96 valence electrons. The molecule has 1 N–H and O–H groups in total. The number of hydrogen-bond donors (Lipinski definition) is 1. The van der Waals surface area contributed by atoms with Crippen LogP contribution < -0.4 is 0 Å². The zero-order valence-electron chi connectivity index (χ0n) is 10.9. The average molecular weight is 255 g/mol. The lowest BCUT2D eigenvalue weighted by Crippen LogP contribution is -1.89. The van der Waals surface area contributed by atoms with E-state index in [0.717, 1.165) is 28.2 Å². The van der Waals surface area contributed by atoms with Gasteiger partial charge in [0.05, 0.1) is 11.3 Å². The van der Waals surface area contributed by atoms with Gasteiger partial charge < -0.3 is 4.52 Å². The quantitative estimate of drug-likeness (QED) is 0.760. The van der Waals surface area contributed by atoms with Crippen LogP contribution in [0.15, 0.2) is 22.9 Å². The van der Waals surface area contributed by atoms with E-state index in [1.807, 2.05) is 32.9 Å². The van der Waals surface area contributed by atoms with E-state index in [1.54, 1.807) is 6.20 Å². The van der Waals surface area contributed by atoms with E-state index >= 15 is 0 Å². The molecule has 0 radical (unpaired) electrons. The second-order valence-corrected chi connectivity index (χ2v) is 4.40. The van der Waals surface area contributed by atoms with Gasteiger partial charge in [-0.05, 0) is 32.4 Å². The largest absolute Gasteiger partial charge is 0.333 e. The normalized spacial score (nSPS) is 10.9. The van der Waals surface area contributed by atoms with Gasteiger partial charge in [-0.25, -0.2) is 0 Å². The molecule has 0 atom stereocenters. The fraction of sp³-hybridized carbons (Fsp3) is 0.231. The van der Waals surface area contributed by atoms with Crippen LogP contribution >= 0.6 is 0 Å². The first-order valence-electron chi connectivity index (χ1n) is 5.94. The van der Waals surface area contributed by atoms with Gasteiger partial charge in [-0.1, -0.05) is 11.2 Å². The molecular formula is C13H13N5O. The van der Waals surface area contributed by atoms with Gasteiger partial charge in [0.2, 0.25) is 5.82 Å². The summed E-state index contributed by atoms with van der Waals surface area (Å²) in [6.45, 7) is 5.78. The lowest BCUT2D eigenvalue weighted by Gasteiger charge is -1.96. The summed E-state index contributed by atoms with van der Waals surface area (Å²) in [5.74, 6) is 0.955. The van der Waals surface area contributed by atoms with Gasteiger partial charge in [0.1, 0.15) is 5.69 Å². The Morgan fingerprint density at radius 3 is 2.74 bits per heavy atom. The standard InChI is InChI=1S/C13H13N5O/c1-7-5-4-6-14-11(7)12-15-13(19-18-12)10-8(2)16-17-9(10)3/h4-6H,1-3H3,(H,16,17). The fourth-order valence-corrected chi connectivity index (χ4v) is 2.01. The molecular weight excluding hydrogens is 242 g/mol. The first-order chi connectivity index (χ1) is 9.16. The van der Waals surface area contributed by atoms with E-state index in [9.17, 15) is 0 Å². The van der Waals surface area contributed by atoms with Gasteiger partial charge in [0.25, 0.3) is 5.89 Å². The Morgan fingerprint density at radius 2 is 2.05 bits per heavy atom. The van der Waals surface area contributed by atoms with E-state index in [4.69, 9.17) is 4.52 Å². The third-order valence-electron chi connectivity index (χ3n) is 2.99. The van der Waals surface area contributed by atoms with Crippen LogP contribution in [0.1, 0.15) is 17.0 Å². The molecule has 3 heterocycles. The van der Waals surface area contributed by atoms with Crippen LogP contribution in [-0.2, 0) is 0 Å². The number of aryl methyl sites for hydroxylation is 3. The molecule has 0 unspecified atom stereocenters. The molecule has 0 aliphatic heterocycles. The topological polar surface area (TPSA) is 80.5 Å². The molecule has 3 rings (SSSR count). The Hall–Kier alpha value is -2.50. The molecule has 0 fully saturated rings. The van der Waals surface area contributed by atoms with Gasteiger partial charge >= 0.3 is 0 Å². The van der Waals surface area contributed by atoms with E-state index in [-0.39, 0.29) is 0 Å². The molecule has 0 saturated heterocycles. The highest BCUT2D eigenvalue weighted by molar-refractivity contribution is 5.62. The van der Waals surface area contributed by atoms with Crippen molar-refractivity contribution in [3.63, 3.8) is 0 Å². The molecule has 0 amide bonds. The maximum atomic E-state index is 5.32. The number of H-pyrrole nitrogens is 1. The molecule has 3 aromatic heterocycles. The van der Waals surface area contributed by atoms with Crippen LogP contribution in [0.3, 0.4) is 0 Å². The third kappa shape index (κ3) is 1.91. The summed E-state index contributed by atoms with van der Waals surface area (Å²) in [7, 11) is 0. The fourth-order valence-electron chi connectivity index (χ4n) is 2.01. The van der Waals surface area contributed by atoms with Gasteiger partial charge in [0, 0.05) is 11.9 Å². The highest BCUT2D eigenvalue weighted by atomic mass is 16.5. The summed E-state index contributed by atoms with van der Waals surface area (Å²) in [5, 5.41) is 11.0. The molecule has 19 heavy (non-hydrogen) atoms. The summed E-state index contributed by atoms with van der Waals surface area (Å²) >= 11 is 0. The maximum absolute atomic E-state index is 5.32. The van der Waals surface area contributed by atoms with E-state index in [0.29, 0.717) is 11.7 Å². The minimum absolute atomic E-state index is 0.462. The summed E-state index contributed by atoms with van der Waals surface area (Å²) in [6, 6.07) is 3.84. The molecule has 0 aromatic carbocycles. The number of aromatic amines is 1. The van der Waals surface area contributed by atoms with Crippen LogP contribution in [0.5, 0.6) is 0 Å². The minimum Gasteiger partial charge on any atom is -0.333 e. The third-order valence-corrected chi connectivity index (χ3v) is 2.99. The minimum atomic E-state index is 0.462. The molecule has 0 bridgehead atoms. The Kier molecular flexibility index (Phi) is 2.63. The molecule has 0 aliphatic rings. The van der Waals surface area contributed by atoms with Crippen LogP contribution in [0, 0.1) is 20.8 Å². The zero-order chi connectivity index (χ0) is 13.4. The summed E-state index contributed by atoms with van der Waals surface area (Å²) in [6.07, 6.45) is 1.71. The van der Waals surface area contributed by atoms with Crippen molar-refractivity contribution in [1.82, 2.24) is 25.3 Å². The van der Waals surface area contributed by atoms with Crippen molar-refractivity contribution in [2.24, 2.45) is 0 Å². The lowest BCUT2D eigenvalue weighted by atomic mass is 10.2. The summed E-state index contributed by atoms with van der Waals surface area (Å²) in [5.41, 5.74) is 4.34. The lowest BCUT2D eigenvalue weighted by molar-refractivity contribution is 0.431. The predicted octanol–water partition coefficient (Wildman–Crippen LogP) is 2.45. The van der Waals surface area contributed by atoms with E-state index < -0.39 is 0 Å². The monoisotopic (exact) mass is 255 g/mol. The van der Waals surface area contributed by atoms with Crippen LogP contribution in [0.25, 0.3) is 23.0 Å². The van der Waals surface area contributed by atoms with Crippen LogP contribution in [0.4, 0.5) is 0 Å². The second-order valence-electron chi connectivity index (χ2n) is 4.40. The Labute approximate surface area is 109 Å². The molecule has 0 aliphatic carbocycles. The molecule has 3 aromatic rings. The number of nitrogens with one attached hydrogen (secondary N) is 1. The van der Waals surface area contributed by atoms with Crippen LogP contribution in [-0.4, -0.2) is 25.3 Å². The number of pyridine rings is 1. The molecule has 0 saturated carbocycles. The van der Waals surface area contributed by atoms with E-state index in [2.05, 4.69) is 25.3 Å². The van der Waals surface area contributed by atoms with Crippen LogP contribution in [0.2, 0.25) is 0 Å². The highest BCUT2D eigenvalue weighted by Crippen LogP contribution is 2.26. The highest BCUT2D eigenvalue weighted by Gasteiger charge is 2.18. The number of nitrogens with zero attached hydrogens (tertiary/aromatic N) is 4. The molecule has 0 spiro atoms. The van der Waals surface area contributed by atoms with Crippen molar-refractivity contribution in [2.75, 3.05) is 0 Å². The smallest absolute Gasteiger partial charge is 0.262 e. The molecule has 6 heteroatoms. The Morgan fingerprint density at radius 1 is 1.21 bits per heavy atom. The van der Waals surface area contributed by atoms with Crippen molar-refractivity contribution in [2.45, 2.75) is 20.8 Å². The van der Waals surface area contributed by atoms with Crippen molar-refractivity contribution in [3.8, 4) is 23.0 Å². The van der Waals surface area contributed by atoms with Crippen molar-refractivity contribution < 1.29 is 4.52 Å². The second kappa shape index (κ2) is 4.31. The number of aromatic nitrogens is 5. The SMILES string of the molecule is Cc1cccnc1-c1noc(-c2c(C)n[nH]c2C)n1. The predicted molar refractivity (Wildman–Crippen MR) is 69.3 cm³/mol. The van der Waals surface area contributed by atoms with Crippen molar-refractivity contribution in [1.29, 1.82) is 0 Å². The van der Waals surface area contributed by atoms with Gasteiger partial charge in [-0.2, -0.15) is 10.1 Å². The average Bonchev–Trinajstić information content (AvgIpc) is 2.97. The zero-order valence-corrected chi connectivity index (χ0v) is 10.9. The van der Waals surface area contributed by atoms with Gasteiger partial charge in [-0.3, -0.25) is 10.1 Å². The van der Waals surface area contributed by atoms with Crippen molar-refractivity contribution >= 4 is 0 Å². The van der Waals surface area contributed by atoms with Gasteiger partial charge in [-0.15, -0.1) is 0 Å². The first-order valence-corrected chi connectivity index (χ1v) is 5.94. The number of rotatable bonds is 2. The summed E-state index contributed by atoms with van der Waals surface area (Å²) in [4.78, 5) is 8.68. The van der Waals surface area contributed by atoms with Crippen molar-refractivity contribution in [3.05, 3.63) is 35.3 Å². The van der Waals surface area contributed by atoms with E-state index in [1.165, 1.54) is 0 Å². The Balaban J connectivity index is 2.08. The first kappa shape index (κ1) is 11.6. The maximum Gasteiger partial charge on any atom is 0.262 e. The molecule has 6 nitrogen and oxygen atoms in total.